The van der Waals surface area contributed by atoms with E-state index in [4.69, 9.17) is 4.74 Å². The van der Waals surface area contributed by atoms with Crippen molar-refractivity contribution >= 4 is 17.8 Å². The topological polar surface area (TPSA) is 93.1 Å². The maximum absolute atomic E-state index is 12.7. The highest BCUT2D eigenvalue weighted by Gasteiger charge is 2.31. The van der Waals surface area contributed by atoms with Gasteiger partial charge in [-0.05, 0) is 37.1 Å². The second kappa shape index (κ2) is 8.43. The average Bonchev–Trinajstić information content (AvgIpc) is 3.24. The highest BCUT2D eigenvalue weighted by Crippen LogP contribution is 2.31. The fourth-order valence-electron chi connectivity index (χ4n) is 3.20. The van der Waals surface area contributed by atoms with Crippen LogP contribution in [0.4, 0.5) is 11.9 Å². The van der Waals surface area contributed by atoms with E-state index in [9.17, 15) is 4.79 Å². The Hall–Kier alpha value is -3.55. The molecule has 1 aliphatic heterocycles. The number of carbonyl (C=O) groups is 1. The van der Waals surface area contributed by atoms with Crippen LogP contribution in [-0.2, 0) is 4.79 Å². The van der Waals surface area contributed by atoms with Crippen LogP contribution in [0.15, 0.2) is 61.1 Å². The van der Waals surface area contributed by atoms with Gasteiger partial charge in [-0.2, -0.15) is 0 Å². The standard InChI is InChI=1S/C20H20N6O2/c27-18(14-28-15-6-2-1-3-7-15)26-13-4-8-17(26)16-9-12-23-20(24-16)25-19-21-10-5-11-22-19/h1-3,5-7,9-12,17H,4,8,13-14H2,(H,21,22,23,24,25)/t17-/m0/s1. The van der Waals surface area contributed by atoms with Crippen molar-refractivity contribution in [1.82, 2.24) is 24.8 Å². The molecule has 0 aliphatic carbocycles. The van der Waals surface area contributed by atoms with E-state index in [2.05, 4.69) is 25.3 Å². The van der Waals surface area contributed by atoms with Gasteiger partial charge in [0, 0.05) is 25.1 Å². The van der Waals surface area contributed by atoms with Gasteiger partial charge in [0.2, 0.25) is 11.9 Å². The molecule has 8 heteroatoms. The highest BCUT2D eigenvalue weighted by atomic mass is 16.5. The Balaban J connectivity index is 1.44. The summed E-state index contributed by atoms with van der Waals surface area (Å²) in [5.74, 6) is 1.47. The number of nitrogens with zero attached hydrogens (tertiary/aromatic N) is 5. The molecular weight excluding hydrogens is 356 g/mol. The molecule has 8 nitrogen and oxygen atoms in total. The first kappa shape index (κ1) is 17.8. The summed E-state index contributed by atoms with van der Waals surface area (Å²) in [6.45, 7) is 0.699. The maximum atomic E-state index is 12.7. The predicted octanol–water partition coefficient (Wildman–Crippen LogP) is 2.75. The van der Waals surface area contributed by atoms with Crippen LogP contribution in [0, 0.1) is 0 Å². The van der Waals surface area contributed by atoms with Crippen LogP contribution in [-0.4, -0.2) is 43.9 Å². The van der Waals surface area contributed by atoms with E-state index in [-0.39, 0.29) is 18.6 Å². The normalized spacial score (nSPS) is 16.0. The van der Waals surface area contributed by atoms with Gasteiger partial charge in [0.15, 0.2) is 6.61 Å². The molecule has 4 rings (SSSR count). The summed E-state index contributed by atoms with van der Waals surface area (Å²) in [4.78, 5) is 31.5. The molecule has 1 atom stereocenters. The molecule has 0 radical (unpaired) electrons. The lowest BCUT2D eigenvalue weighted by Crippen LogP contribution is -2.34. The molecule has 1 fully saturated rings. The summed E-state index contributed by atoms with van der Waals surface area (Å²) >= 11 is 0. The number of nitrogens with one attached hydrogen (secondary N) is 1. The molecule has 1 aliphatic rings. The molecule has 3 heterocycles. The van der Waals surface area contributed by atoms with Crippen molar-refractivity contribution < 1.29 is 9.53 Å². The number of likely N-dealkylation sites (tertiary alicyclic amines) is 1. The fraction of sp³-hybridized carbons (Fsp3) is 0.250. The Morgan fingerprint density at radius 2 is 1.82 bits per heavy atom. The average molecular weight is 376 g/mol. The van der Waals surface area contributed by atoms with Crippen molar-refractivity contribution in [3.8, 4) is 5.75 Å². The Morgan fingerprint density at radius 3 is 2.64 bits per heavy atom. The van der Waals surface area contributed by atoms with Gasteiger partial charge in [0.25, 0.3) is 5.91 Å². The molecule has 0 unspecified atom stereocenters. The molecule has 142 valence electrons. The van der Waals surface area contributed by atoms with E-state index in [1.165, 1.54) is 0 Å². The van der Waals surface area contributed by atoms with Gasteiger partial charge in [0.05, 0.1) is 11.7 Å². The van der Waals surface area contributed by atoms with Gasteiger partial charge in [-0.1, -0.05) is 18.2 Å². The molecule has 1 N–H and O–H groups in total. The van der Waals surface area contributed by atoms with Crippen LogP contribution in [0.3, 0.4) is 0 Å². The first-order valence-electron chi connectivity index (χ1n) is 9.14. The summed E-state index contributed by atoms with van der Waals surface area (Å²) in [5.41, 5.74) is 0.791. The van der Waals surface area contributed by atoms with Crippen LogP contribution in [0.2, 0.25) is 0 Å². The maximum Gasteiger partial charge on any atom is 0.261 e. The van der Waals surface area contributed by atoms with Crippen LogP contribution < -0.4 is 10.1 Å². The van der Waals surface area contributed by atoms with Crippen LogP contribution in [0.1, 0.15) is 24.6 Å². The SMILES string of the molecule is O=C(COc1ccccc1)N1CCC[C@H]1c1ccnc(Nc2ncccn2)n1. The molecule has 3 aromatic rings. The Labute approximate surface area is 162 Å². The lowest BCUT2D eigenvalue weighted by Gasteiger charge is -2.24. The van der Waals surface area contributed by atoms with Crippen LogP contribution >= 0.6 is 0 Å². The zero-order chi connectivity index (χ0) is 19.2. The first-order chi connectivity index (χ1) is 13.8. The molecule has 1 amide bonds. The van der Waals surface area contributed by atoms with Gasteiger partial charge in [-0.25, -0.2) is 19.9 Å². The zero-order valence-electron chi connectivity index (χ0n) is 15.2. The molecule has 2 aromatic heterocycles. The third-order valence-corrected chi connectivity index (χ3v) is 4.49. The minimum absolute atomic E-state index is 0.00849. The molecule has 1 saturated heterocycles. The minimum Gasteiger partial charge on any atom is -0.484 e. The van der Waals surface area contributed by atoms with Crippen molar-refractivity contribution in [2.24, 2.45) is 0 Å². The van der Waals surface area contributed by atoms with Gasteiger partial charge in [0.1, 0.15) is 5.75 Å². The van der Waals surface area contributed by atoms with E-state index in [0.29, 0.717) is 24.2 Å². The summed E-state index contributed by atoms with van der Waals surface area (Å²) in [6, 6.07) is 12.8. The number of amides is 1. The number of para-hydroxylation sites is 1. The number of rotatable bonds is 6. The van der Waals surface area contributed by atoms with E-state index >= 15 is 0 Å². The molecule has 28 heavy (non-hydrogen) atoms. The Morgan fingerprint density at radius 1 is 1.04 bits per heavy atom. The molecule has 0 saturated carbocycles. The molecular formula is C20H20N6O2. The summed E-state index contributed by atoms with van der Waals surface area (Å²) < 4.78 is 5.61. The minimum atomic E-state index is -0.0906. The van der Waals surface area contributed by atoms with Crippen molar-refractivity contribution in [3.63, 3.8) is 0 Å². The van der Waals surface area contributed by atoms with Gasteiger partial charge < -0.3 is 9.64 Å². The molecule has 0 bridgehead atoms. The largest absolute Gasteiger partial charge is 0.484 e. The number of hydrogen-bond acceptors (Lipinski definition) is 7. The number of ether oxygens (including phenoxy) is 1. The monoisotopic (exact) mass is 376 g/mol. The Bertz CT molecular complexity index is 922. The first-order valence-corrected chi connectivity index (χ1v) is 9.14. The van der Waals surface area contributed by atoms with Crippen molar-refractivity contribution in [2.45, 2.75) is 18.9 Å². The van der Waals surface area contributed by atoms with E-state index < -0.39 is 0 Å². The van der Waals surface area contributed by atoms with Crippen molar-refractivity contribution in [1.29, 1.82) is 0 Å². The molecule has 1 aromatic carbocycles. The second-order valence-electron chi connectivity index (χ2n) is 6.35. The Kier molecular flexibility index (Phi) is 5.37. The summed E-state index contributed by atoms with van der Waals surface area (Å²) in [5, 5.41) is 2.99. The van der Waals surface area contributed by atoms with Crippen LogP contribution in [0.5, 0.6) is 5.75 Å². The third kappa shape index (κ3) is 4.22. The number of benzene rings is 1. The highest BCUT2D eigenvalue weighted by molar-refractivity contribution is 5.78. The number of aromatic nitrogens is 4. The lowest BCUT2D eigenvalue weighted by atomic mass is 10.1. The van der Waals surface area contributed by atoms with Gasteiger partial charge in [-0.3, -0.25) is 10.1 Å². The summed E-state index contributed by atoms with van der Waals surface area (Å²) in [6.07, 6.45) is 6.74. The van der Waals surface area contributed by atoms with Crippen LogP contribution in [0.25, 0.3) is 0 Å². The number of hydrogen-bond donors (Lipinski definition) is 1. The number of carbonyl (C=O) groups excluding carboxylic acids is 1. The fourth-order valence-corrected chi connectivity index (χ4v) is 3.20. The van der Waals surface area contributed by atoms with E-state index in [1.54, 1.807) is 24.7 Å². The van der Waals surface area contributed by atoms with Crippen molar-refractivity contribution in [3.05, 3.63) is 66.7 Å². The lowest BCUT2D eigenvalue weighted by molar-refractivity contribution is -0.134. The van der Waals surface area contributed by atoms with E-state index in [1.807, 2.05) is 41.3 Å². The van der Waals surface area contributed by atoms with E-state index in [0.717, 1.165) is 18.5 Å². The third-order valence-electron chi connectivity index (χ3n) is 4.49. The molecule has 0 spiro atoms. The quantitative estimate of drug-likeness (QED) is 0.707. The summed E-state index contributed by atoms with van der Waals surface area (Å²) in [7, 11) is 0. The van der Waals surface area contributed by atoms with Gasteiger partial charge >= 0.3 is 0 Å². The second-order valence-corrected chi connectivity index (χ2v) is 6.35. The van der Waals surface area contributed by atoms with Gasteiger partial charge in [-0.15, -0.1) is 0 Å². The number of anilines is 2. The zero-order valence-corrected chi connectivity index (χ0v) is 15.2. The van der Waals surface area contributed by atoms with Crippen molar-refractivity contribution in [2.75, 3.05) is 18.5 Å². The smallest absolute Gasteiger partial charge is 0.261 e. The predicted molar refractivity (Wildman–Crippen MR) is 103 cm³/mol.